The van der Waals surface area contributed by atoms with Crippen molar-refractivity contribution in [3.63, 3.8) is 0 Å². The van der Waals surface area contributed by atoms with Crippen LogP contribution in [0.2, 0.25) is 0 Å². The largest absolute Gasteiger partial charge is 0.347 e. The predicted octanol–water partition coefficient (Wildman–Crippen LogP) is 8.30. The molecular formula is C42H54N4+2. The number of anilines is 2. The molecule has 3 heterocycles. The van der Waals surface area contributed by atoms with Gasteiger partial charge in [-0.05, 0) is 66.8 Å². The number of hydrogen-bond acceptors (Lipinski definition) is 2. The van der Waals surface area contributed by atoms with E-state index >= 15 is 0 Å². The molecule has 0 unspecified atom stereocenters. The molecule has 0 radical (unpaired) electrons. The number of hydrogen-bond donors (Lipinski definition) is 0. The lowest BCUT2D eigenvalue weighted by atomic mass is 9.82. The zero-order chi connectivity index (χ0) is 32.7. The summed E-state index contributed by atoms with van der Waals surface area (Å²) in [5.41, 5.74) is 12.5. The molecule has 0 N–H and O–H groups in total. The number of benzene rings is 2. The normalized spacial score (nSPS) is 25.0. The topological polar surface area (TPSA) is 9.49 Å². The smallest absolute Gasteiger partial charge is 0.206 e. The predicted molar refractivity (Wildman–Crippen MR) is 197 cm³/mol. The Balaban J connectivity index is 1.42. The van der Waals surface area contributed by atoms with E-state index in [4.69, 9.17) is 0 Å². The highest BCUT2D eigenvalue weighted by atomic mass is 15.4. The summed E-state index contributed by atoms with van der Waals surface area (Å²) in [6, 6.07) is 17.7. The van der Waals surface area contributed by atoms with E-state index in [0.29, 0.717) is 0 Å². The molecular weight excluding hydrogens is 560 g/mol. The number of para-hydroxylation sites is 2. The first kappa shape index (κ1) is 32.1. The highest BCUT2D eigenvalue weighted by Gasteiger charge is 2.40. The number of allylic oxidation sites excluding steroid dienone is 8. The lowest BCUT2D eigenvalue weighted by Gasteiger charge is -2.39. The highest BCUT2D eigenvalue weighted by molar-refractivity contribution is 6.10. The fourth-order valence-electron chi connectivity index (χ4n) is 8.71. The van der Waals surface area contributed by atoms with Crippen molar-refractivity contribution < 1.29 is 9.06 Å². The summed E-state index contributed by atoms with van der Waals surface area (Å²) in [5.74, 6) is 0. The van der Waals surface area contributed by atoms with Gasteiger partial charge >= 0.3 is 0 Å². The van der Waals surface area contributed by atoms with Crippen LogP contribution in [0.3, 0.4) is 0 Å². The van der Waals surface area contributed by atoms with Crippen molar-refractivity contribution >= 4 is 17.1 Å². The van der Waals surface area contributed by atoms with Gasteiger partial charge in [0.2, 0.25) is 5.71 Å². The summed E-state index contributed by atoms with van der Waals surface area (Å²) in [6.45, 7) is 24.0. The maximum absolute atomic E-state index is 4.10. The molecule has 0 amide bonds. The van der Waals surface area contributed by atoms with Crippen molar-refractivity contribution in [1.82, 2.24) is 0 Å². The number of quaternary nitrogens is 1. The van der Waals surface area contributed by atoms with E-state index in [1.807, 2.05) is 0 Å². The zero-order valence-corrected chi connectivity index (χ0v) is 29.1. The van der Waals surface area contributed by atoms with E-state index in [1.54, 1.807) is 0 Å². The molecule has 0 atom stereocenters. The molecule has 2 aromatic carbocycles. The molecule has 4 nitrogen and oxygen atoms in total. The summed E-state index contributed by atoms with van der Waals surface area (Å²) in [5, 5.41) is 0. The second-order valence-corrected chi connectivity index (χ2v) is 14.8. The molecule has 1 saturated heterocycles. The second-order valence-electron chi connectivity index (χ2n) is 14.8. The summed E-state index contributed by atoms with van der Waals surface area (Å²) in [6.07, 6.45) is 17.3. The molecule has 3 aliphatic heterocycles. The van der Waals surface area contributed by atoms with Crippen molar-refractivity contribution in [3.05, 3.63) is 132 Å². The van der Waals surface area contributed by atoms with E-state index in [1.165, 1.54) is 57.2 Å². The first-order chi connectivity index (χ1) is 22.0. The Labute approximate surface area is 278 Å². The van der Waals surface area contributed by atoms with Gasteiger partial charge in [-0.1, -0.05) is 89.4 Å². The van der Waals surface area contributed by atoms with Crippen LogP contribution < -0.4 is 9.80 Å². The van der Waals surface area contributed by atoms with E-state index in [0.717, 1.165) is 56.6 Å². The highest BCUT2D eigenvalue weighted by Crippen LogP contribution is 2.48. The first-order valence-electron chi connectivity index (χ1n) is 17.2. The number of nitrogens with zero attached hydrogens (tertiary/aromatic N) is 4. The molecule has 2 fully saturated rings. The maximum atomic E-state index is 4.10. The van der Waals surface area contributed by atoms with E-state index in [2.05, 4.69) is 154 Å². The Morgan fingerprint density at radius 2 is 1.13 bits per heavy atom. The number of likely N-dealkylation sites (N-methyl/N-ethyl adjacent to an activating group) is 2. The van der Waals surface area contributed by atoms with Crippen molar-refractivity contribution in [2.45, 2.75) is 57.8 Å². The fourth-order valence-corrected chi connectivity index (χ4v) is 8.71. The maximum Gasteiger partial charge on any atom is 0.206 e. The quantitative estimate of drug-likeness (QED) is 0.184. The van der Waals surface area contributed by atoms with Gasteiger partial charge in [0.25, 0.3) is 0 Å². The van der Waals surface area contributed by atoms with Crippen LogP contribution in [0.5, 0.6) is 0 Å². The second kappa shape index (κ2) is 12.4. The molecule has 240 valence electrons. The zero-order valence-electron chi connectivity index (χ0n) is 29.1. The van der Waals surface area contributed by atoms with Crippen LogP contribution in [0, 0.1) is 0 Å². The summed E-state index contributed by atoms with van der Waals surface area (Å²) in [4.78, 5) is 4.78. The molecule has 6 rings (SSSR count). The minimum atomic E-state index is -0.0362. The van der Waals surface area contributed by atoms with Crippen LogP contribution in [0.15, 0.2) is 121 Å². The Morgan fingerprint density at radius 3 is 1.54 bits per heavy atom. The Bertz CT molecular complexity index is 1570. The third-order valence-corrected chi connectivity index (χ3v) is 11.3. The molecule has 1 saturated carbocycles. The molecule has 0 bridgehead atoms. The van der Waals surface area contributed by atoms with Gasteiger partial charge in [-0.3, -0.25) is 0 Å². The van der Waals surface area contributed by atoms with Crippen molar-refractivity contribution in [2.24, 2.45) is 0 Å². The van der Waals surface area contributed by atoms with Crippen molar-refractivity contribution in [2.75, 3.05) is 63.2 Å². The van der Waals surface area contributed by atoms with Crippen LogP contribution >= 0.6 is 0 Å². The molecule has 46 heavy (non-hydrogen) atoms. The average Bonchev–Trinajstić information content (AvgIpc) is 3.36. The van der Waals surface area contributed by atoms with Crippen LogP contribution in [-0.4, -0.2) is 68.1 Å². The van der Waals surface area contributed by atoms with E-state index in [-0.39, 0.29) is 10.8 Å². The lowest BCUT2D eigenvalue weighted by Crippen LogP contribution is -2.58. The van der Waals surface area contributed by atoms with Crippen LogP contribution in [0.4, 0.5) is 11.4 Å². The van der Waals surface area contributed by atoms with Crippen LogP contribution in [0.1, 0.15) is 58.1 Å². The minimum absolute atomic E-state index is 0.0362. The van der Waals surface area contributed by atoms with Crippen LogP contribution in [-0.2, 0) is 10.8 Å². The molecule has 4 heteroatoms. The first-order valence-corrected chi connectivity index (χ1v) is 17.2. The van der Waals surface area contributed by atoms with Gasteiger partial charge < -0.3 is 14.3 Å². The Kier molecular flexibility index (Phi) is 8.63. The summed E-state index contributed by atoms with van der Waals surface area (Å²) >= 11 is 0. The molecule has 0 aromatic heterocycles. The monoisotopic (exact) mass is 614 g/mol. The van der Waals surface area contributed by atoms with Crippen LogP contribution in [0.25, 0.3) is 0 Å². The molecule has 1 aliphatic carbocycles. The van der Waals surface area contributed by atoms with Gasteiger partial charge in [0, 0.05) is 58.8 Å². The van der Waals surface area contributed by atoms with Crippen molar-refractivity contribution in [3.8, 4) is 0 Å². The van der Waals surface area contributed by atoms with Gasteiger partial charge in [-0.2, -0.15) is 0 Å². The number of fused-ring (bicyclic) bond motifs is 2. The number of piperazine rings is 1. The lowest BCUT2D eigenvalue weighted by molar-refractivity contribution is -0.945. The summed E-state index contributed by atoms with van der Waals surface area (Å²) < 4.78 is 3.75. The average molecular weight is 615 g/mol. The Hall–Kier alpha value is -3.89. The van der Waals surface area contributed by atoms with Gasteiger partial charge in [0.1, 0.15) is 13.1 Å². The van der Waals surface area contributed by atoms with Gasteiger partial charge in [-0.25, -0.2) is 4.58 Å². The molecule has 2 aromatic rings. The molecule has 4 aliphatic rings. The van der Waals surface area contributed by atoms with Crippen molar-refractivity contribution in [1.29, 1.82) is 0 Å². The Morgan fingerprint density at radius 1 is 0.696 bits per heavy atom. The third-order valence-electron chi connectivity index (χ3n) is 11.3. The molecule has 0 spiro atoms. The third kappa shape index (κ3) is 5.45. The van der Waals surface area contributed by atoms with E-state index < -0.39 is 0 Å². The fraction of sp³-hybridized carbons (Fsp3) is 0.405. The minimum Gasteiger partial charge on any atom is -0.347 e. The standard InChI is InChI=1S/C42H54N4/c1-9-28-46(29-10-2)30-26-45(27-31-46)40-32(22-24-38-41(3,4)34-18-11-13-20-36(34)43(38)7)16-15-17-33(40)23-25-39-42(5,6)35-19-12-14-21-37(35)44(39)8/h9-14,18-25H,1-2,15-17,26-31H2,3-8H3/q+2. The SMILES string of the molecule is C=CC[N+]1(CC=C)CC[N+](=C2/C(=C\C=C3/N(C)c4ccccc4C3(C)C)CCC/C2=C\C=C2\N(C)c3ccccc3C2(C)C)CC1. The van der Waals surface area contributed by atoms with Gasteiger partial charge in [-0.15, -0.1) is 0 Å². The number of rotatable bonds is 6. The van der Waals surface area contributed by atoms with E-state index in [9.17, 15) is 0 Å². The van der Waals surface area contributed by atoms with Gasteiger partial charge in [0.15, 0.2) is 13.1 Å². The summed E-state index contributed by atoms with van der Waals surface area (Å²) in [7, 11) is 4.44. The van der Waals surface area contributed by atoms with Gasteiger partial charge in [0.05, 0.1) is 13.1 Å².